The van der Waals surface area contributed by atoms with Crippen LogP contribution in [0.5, 0.6) is 0 Å². The van der Waals surface area contributed by atoms with Gasteiger partial charge >= 0.3 is 0 Å². The highest BCUT2D eigenvalue weighted by Gasteiger charge is 2.50. The minimum Gasteiger partial charge on any atom is -0.321 e. The van der Waals surface area contributed by atoms with E-state index in [1.54, 1.807) is 12.4 Å². The molecule has 3 nitrogen and oxygen atoms in total. The van der Waals surface area contributed by atoms with Gasteiger partial charge in [-0.2, -0.15) is 0 Å². The first kappa shape index (κ1) is 12.8. The van der Waals surface area contributed by atoms with Crippen LogP contribution in [0, 0.1) is 23.2 Å². The summed E-state index contributed by atoms with van der Waals surface area (Å²) < 4.78 is 0. The molecule has 0 spiro atoms. The summed E-state index contributed by atoms with van der Waals surface area (Å²) in [5.41, 5.74) is 6.93. The molecule has 3 heteroatoms. The number of hydrogen-bond acceptors (Lipinski definition) is 3. The fraction of sp³-hybridized carbons (Fsp3) is 0.765. The topological polar surface area (TPSA) is 51.8 Å². The molecular formula is C17H25N3. The van der Waals surface area contributed by atoms with Gasteiger partial charge in [0.2, 0.25) is 0 Å². The Morgan fingerprint density at radius 1 is 1.05 bits per heavy atom. The molecule has 0 aliphatic heterocycles. The van der Waals surface area contributed by atoms with E-state index in [4.69, 9.17) is 5.73 Å². The van der Waals surface area contributed by atoms with Crippen molar-refractivity contribution in [3.63, 3.8) is 0 Å². The lowest BCUT2D eigenvalue weighted by atomic mass is 9.48. The van der Waals surface area contributed by atoms with Crippen molar-refractivity contribution in [3.05, 3.63) is 24.3 Å². The van der Waals surface area contributed by atoms with Gasteiger partial charge in [-0.25, -0.2) is 9.97 Å². The van der Waals surface area contributed by atoms with E-state index in [0.29, 0.717) is 5.41 Å². The standard InChI is InChI=1S/C17H25N3/c18-15(16-19-4-1-5-20-16)2-3-17-9-12-6-13(10-17)8-14(7-12)11-17/h1,4-5,12-15H,2-3,6-11,18H2. The highest BCUT2D eigenvalue weighted by Crippen LogP contribution is 2.61. The SMILES string of the molecule is NC(CCC12CC3CC(CC(C3)C1)C2)c1ncccn1. The lowest BCUT2D eigenvalue weighted by molar-refractivity contribution is -0.0589. The van der Waals surface area contributed by atoms with E-state index in [-0.39, 0.29) is 6.04 Å². The Morgan fingerprint density at radius 3 is 2.15 bits per heavy atom. The molecule has 5 rings (SSSR count). The molecule has 1 heterocycles. The molecule has 4 aliphatic rings. The minimum atomic E-state index is 0.0178. The Bertz CT molecular complexity index is 435. The van der Waals surface area contributed by atoms with E-state index in [9.17, 15) is 0 Å². The van der Waals surface area contributed by atoms with Gasteiger partial charge in [-0.05, 0) is 80.6 Å². The summed E-state index contributed by atoms with van der Waals surface area (Å²) in [6.45, 7) is 0. The zero-order valence-electron chi connectivity index (χ0n) is 12.2. The smallest absolute Gasteiger partial charge is 0.144 e. The molecule has 0 amide bonds. The Hall–Kier alpha value is -0.960. The Labute approximate surface area is 121 Å². The van der Waals surface area contributed by atoms with Crippen molar-refractivity contribution < 1.29 is 0 Å². The Morgan fingerprint density at radius 2 is 1.60 bits per heavy atom. The molecule has 2 N–H and O–H groups in total. The lowest BCUT2D eigenvalue weighted by Crippen LogP contribution is -2.46. The van der Waals surface area contributed by atoms with Crippen LogP contribution in [0.15, 0.2) is 18.5 Å². The van der Waals surface area contributed by atoms with Crippen LogP contribution in [0.4, 0.5) is 0 Å². The van der Waals surface area contributed by atoms with Crippen molar-refractivity contribution in [2.24, 2.45) is 28.9 Å². The maximum Gasteiger partial charge on any atom is 0.144 e. The first-order chi connectivity index (χ1) is 9.72. The first-order valence-corrected chi connectivity index (χ1v) is 8.25. The van der Waals surface area contributed by atoms with Crippen LogP contribution in [0.2, 0.25) is 0 Å². The molecule has 4 aliphatic carbocycles. The summed E-state index contributed by atoms with van der Waals surface area (Å²) in [7, 11) is 0. The highest BCUT2D eigenvalue weighted by molar-refractivity contribution is 5.02. The zero-order chi connectivity index (χ0) is 13.6. The predicted molar refractivity (Wildman–Crippen MR) is 78.8 cm³/mol. The van der Waals surface area contributed by atoms with E-state index in [2.05, 4.69) is 9.97 Å². The third kappa shape index (κ3) is 2.26. The molecule has 4 saturated carbocycles. The number of rotatable bonds is 4. The zero-order valence-corrected chi connectivity index (χ0v) is 12.2. The highest BCUT2D eigenvalue weighted by atomic mass is 14.9. The van der Waals surface area contributed by atoms with Crippen LogP contribution in [0.25, 0.3) is 0 Å². The van der Waals surface area contributed by atoms with Crippen LogP contribution in [-0.2, 0) is 0 Å². The second kappa shape index (κ2) is 4.80. The largest absolute Gasteiger partial charge is 0.321 e. The van der Waals surface area contributed by atoms with Gasteiger partial charge in [0.15, 0.2) is 0 Å². The van der Waals surface area contributed by atoms with Gasteiger partial charge in [-0.1, -0.05) is 0 Å². The number of hydrogen-bond donors (Lipinski definition) is 1. The van der Waals surface area contributed by atoms with E-state index in [0.717, 1.165) is 30.0 Å². The number of nitrogens with two attached hydrogens (primary N) is 1. The monoisotopic (exact) mass is 271 g/mol. The average Bonchev–Trinajstić information content (AvgIpc) is 2.44. The molecule has 4 bridgehead atoms. The normalized spacial score (nSPS) is 40.0. The first-order valence-electron chi connectivity index (χ1n) is 8.25. The Kier molecular flexibility index (Phi) is 3.06. The summed E-state index contributed by atoms with van der Waals surface area (Å²) in [4.78, 5) is 8.62. The number of aromatic nitrogens is 2. The van der Waals surface area contributed by atoms with Gasteiger partial charge in [-0.3, -0.25) is 0 Å². The molecule has 1 aromatic heterocycles. The fourth-order valence-corrected chi connectivity index (χ4v) is 5.69. The molecular weight excluding hydrogens is 246 g/mol. The molecule has 1 unspecified atom stereocenters. The molecule has 1 aromatic rings. The van der Waals surface area contributed by atoms with Gasteiger partial charge in [0.1, 0.15) is 5.82 Å². The van der Waals surface area contributed by atoms with E-state index in [1.807, 2.05) is 6.07 Å². The molecule has 108 valence electrons. The van der Waals surface area contributed by atoms with Crippen LogP contribution >= 0.6 is 0 Å². The molecule has 20 heavy (non-hydrogen) atoms. The molecule has 0 aromatic carbocycles. The van der Waals surface area contributed by atoms with Crippen molar-refractivity contribution >= 4 is 0 Å². The van der Waals surface area contributed by atoms with Crippen molar-refractivity contribution in [1.29, 1.82) is 0 Å². The third-order valence-corrected chi connectivity index (χ3v) is 6.07. The molecule has 4 fully saturated rings. The quantitative estimate of drug-likeness (QED) is 0.912. The summed E-state index contributed by atoms with van der Waals surface area (Å²) in [6.07, 6.45) is 14.9. The van der Waals surface area contributed by atoms with E-state index in [1.165, 1.54) is 44.9 Å². The van der Waals surface area contributed by atoms with Gasteiger partial charge in [-0.15, -0.1) is 0 Å². The summed E-state index contributed by atoms with van der Waals surface area (Å²) in [6, 6.07) is 1.87. The fourth-order valence-electron chi connectivity index (χ4n) is 5.69. The molecule has 1 atom stereocenters. The van der Waals surface area contributed by atoms with Crippen molar-refractivity contribution in [3.8, 4) is 0 Å². The average molecular weight is 271 g/mol. The molecule has 0 saturated heterocycles. The second-order valence-corrected chi connectivity index (χ2v) is 7.67. The summed E-state index contributed by atoms with van der Waals surface area (Å²) >= 11 is 0. The van der Waals surface area contributed by atoms with Gasteiger partial charge < -0.3 is 5.73 Å². The summed E-state index contributed by atoms with van der Waals surface area (Å²) in [5.74, 6) is 3.92. The van der Waals surface area contributed by atoms with Crippen LogP contribution in [0.1, 0.15) is 63.2 Å². The Balaban J connectivity index is 1.42. The predicted octanol–water partition coefficient (Wildman–Crippen LogP) is 3.47. The van der Waals surface area contributed by atoms with Gasteiger partial charge in [0, 0.05) is 12.4 Å². The van der Waals surface area contributed by atoms with Crippen LogP contribution in [-0.4, -0.2) is 9.97 Å². The second-order valence-electron chi connectivity index (χ2n) is 7.67. The maximum absolute atomic E-state index is 6.30. The third-order valence-electron chi connectivity index (χ3n) is 6.07. The minimum absolute atomic E-state index is 0.0178. The van der Waals surface area contributed by atoms with Crippen molar-refractivity contribution in [1.82, 2.24) is 9.97 Å². The maximum atomic E-state index is 6.30. The number of nitrogens with zero attached hydrogens (tertiary/aromatic N) is 2. The van der Waals surface area contributed by atoms with Crippen molar-refractivity contribution in [2.45, 2.75) is 57.4 Å². The van der Waals surface area contributed by atoms with E-state index >= 15 is 0 Å². The van der Waals surface area contributed by atoms with Gasteiger partial charge in [0.25, 0.3) is 0 Å². The van der Waals surface area contributed by atoms with E-state index < -0.39 is 0 Å². The lowest BCUT2D eigenvalue weighted by Gasteiger charge is -2.57. The summed E-state index contributed by atoms with van der Waals surface area (Å²) in [5, 5.41) is 0. The van der Waals surface area contributed by atoms with Crippen LogP contribution in [0.3, 0.4) is 0 Å². The van der Waals surface area contributed by atoms with Crippen molar-refractivity contribution in [2.75, 3.05) is 0 Å². The molecule has 0 radical (unpaired) electrons. The van der Waals surface area contributed by atoms with Gasteiger partial charge in [0.05, 0.1) is 6.04 Å². The van der Waals surface area contributed by atoms with Crippen LogP contribution < -0.4 is 5.73 Å².